The molecule has 0 aliphatic heterocycles. The number of hydrogen-bond donors (Lipinski definition) is 1. The van der Waals surface area contributed by atoms with E-state index in [1.165, 1.54) is 24.7 Å². The molecule has 1 N–H and O–H groups in total. The molecular formula is C16H11ClF3N5O. The number of hydrogen-bond acceptors (Lipinski definition) is 4. The van der Waals surface area contributed by atoms with Crippen molar-refractivity contribution in [1.82, 2.24) is 19.7 Å². The van der Waals surface area contributed by atoms with Crippen molar-refractivity contribution in [2.45, 2.75) is 13.1 Å². The van der Waals surface area contributed by atoms with E-state index in [0.717, 1.165) is 22.9 Å². The lowest BCUT2D eigenvalue weighted by molar-refractivity contribution is -0.137. The van der Waals surface area contributed by atoms with Gasteiger partial charge < -0.3 is 5.32 Å². The van der Waals surface area contributed by atoms with E-state index in [0.29, 0.717) is 5.69 Å². The Kier molecular flexibility index (Phi) is 4.64. The molecule has 2 heterocycles. The molecule has 3 rings (SSSR count). The maximum absolute atomic E-state index is 13.0. The smallest absolute Gasteiger partial charge is 0.305 e. The Hall–Kier alpha value is -2.94. The summed E-state index contributed by atoms with van der Waals surface area (Å²) in [5.41, 5.74) is -0.360. The highest BCUT2D eigenvalue weighted by molar-refractivity contribution is 6.32. The fraction of sp³-hybridized carbons (Fsp3) is 0.125. The molecule has 0 spiro atoms. The SMILES string of the molecule is Cc1cc(NC(=O)c2cnccn2)n(-c2cc(C(F)(F)F)ccc2Cl)n1. The van der Waals surface area contributed by atoms with Crippen LogP contribution in [0.2, 0.25) is 5.02 Å². The van der Waals surface area contributed by atoms with Crippen molar-refractivity contribution in [3.63, 3.8) is 0 Å². The van der Waals surface area contributed by atoms with Gasteiger partial charge in [0.25, 0.3) is 5.91 Å². The van der Waals surface area contributed by atoms with Crippen LogP contribution in [0.25, 0.3) is 5.69 Å². The Bertz CT molecular complexity index is 956. The first kappa shape index (κ1) is 17.9. The van der Waals surface area contributed by atoms with Crippen LogP contribution in [0.15, 0.2) is 42.9 Å². The Morgan fingerprint density at radius 1 is 1.23 bits per heavy atom. The summed E-state index contributed by atoms with van der Waals surface area (Å²) in [4.78, 5) is 19.9. The first-order valence-electron chi connectivity index (χ1n) is 7.27. The summed E-state index contributed by atoms with van der Waals surface area (Å²) in [5.74, 6) is -0.429. The van der Waals surface area contributed by atoms with E-state index < -0.39 is 17.6 Å². The monoisotopic (exact) mass is 381 g/mol. The molecule has 3 aromatic rings. The van der Waals surface area contributed by atoms with Gasteiger partial charge in [0.05, 0.1) is 28.2 Å². The molecule has 0 saturated heterocycles. The second-order valence-corrected chi connectivity index (χ2v) is 5.70. The number of nitrogens with zero attached hydrogens (tertiary/aromatic N) is 4. The zero-order valence-electron chi connectivity index (χ0n) is 13.3. The number of carbonyl (C=O) groups is 1. The lowest BCUT2D eigenvalue weighted by atomic mass is 10.2. The molecule has 0 saturated carbocycles. The largest absolute Gasteiger partial charge is 0.416 e. The predicted octanol–water partition coefficient (Wildman–Crippen LogP) is 3.90. The summed E-state index contributed by atoms with van der Waals surface area (Å²) in [5, 5.41) is 6.73. The van der Waals surface area contributed by atoms with Crippen LogP contribution in [0.1, 0.15) is 21.7 Å². The van der Waals surface area contributed by atoms with Crippen molar-refractivity contribution >= 4 is 23.3 Å². The summed E-state index contributed by atoms with van der Waals surface area (Å²) >= 11 is 6.05. The van der Waals surface area contributed by atoms with Crippen molar-refractivity contribution in [3.05, 3.63) is 64.8 Å². The van der Waals surface area contributed by atoms with Crippen molar-refractivity contribution in [2.75, 3.05) is 5.32 Å². The van der Waals surface area contributed by atoms with E-state index in [1.54, 1.807) is 6.92 Å². The van der Waals surface area contributed by atoms with E-state index in [9.17, 15) is 18.0 Å². The second-order valence-electron chi connectivity index (χ2n) is 5.29. The molecule has 0 fully saturated rings. The highest BCUT2D eigenvalue weighted by Crippen LogP contribution is 2.34. The highest BCUT2D eigenvalue weighted by Gasteiger charge is 2.31. The minimum atomic E-state index is -4.54. The molecule has 1 amide bonds. The third-order valence-corrected chi connectivity index (χ3v) is 3.69. The zero-order chi connectivity index (χ0) is 18.9. The fourth-order valence-corrected chi connectivity index (χ4v) is 2.42. The number of alkyl halides is 3. The predicted molar refractivity (Wildman–Crippen MR) is 88.3 cm³/mol. The van der Waals surface area contributed by atoms with Crippen LogP contribution in [-0.4, -0.2) is 25.7 Å². The normalized spacial score (nSPS) is 11.4. The van der Waals surface area contributed by atoms with Crippen molar-refractivity contribution in [3.8, 4) is 5.69 Å². The number of amides is 1. The molecular weight excluding hydrogens is 371 g/mol. The topological polar surface area (TPSA) is 72.7 Å². The number of halogens is 4. The standard InChI is InChI=1S/C16H11ClF3N5O/c1-9-6-14(23-15(26)12-8-21-4-5-22-12)25(24-9)13-7-10(16(18,19)20)2-3-11(13)17/h2-8H,1H3,(H,23,26). The van der Waals surface area contributed by atoms with Crippen molar-refractivity contribution in [1.29, 1.82) is 0 Å². The van der Waals surface area contributed by atoms with Gasteiger partial charge in [-0.05, 0) is 25.1 Å². The van der Waals surface area contributed by atoms with Crippen molar-refractivity contribution < 1.29 is 18.0 Å². The number of benzene rings is 1. The van der Waals surface area contributed by atoms with Gasteiger partial charge in [-0.25, -0.2) is 9.67 Å². The Morgan fingerprint density at radius 2 is 2.00 bits per heavy atom. The Labute approximate surface area is 150 Å². The quantitative estimate of drug-likeness (QED) is 0.747. The maximum Gasteiger partial charge on any atom is 0.416 e. The fourth-order valence-electron chi connectivity index (χ4n) is 2.22. The first-order chi connectivity index (χ1) is 12.3. The van der Waals surface area contributed by atoms with Crippen LogP contribution in [-0.2, 0) is 6.18 Å². The number of aryl methyl sites for hydroxylation is 1. The van der Waals surface area contributed by atoms with Crippen LogP contribution in [0.3, 0.4) is 0 Å². The molecule has 1 aromatic carbocycles. The van der Waals surface area contributed by atoms with Gasteiger partial charge in [0.2, 0.25) is 0 Å². The minimum absolute atomic E-state index is 0.0102. The number of rotatable bonds is 3. The minimum Gasteiger partial charge on any atom is -0.305 e. The van der Waals surface area contributed by atoms with E-state index in [1.807, 2.05) is 0 Å². The van der Waals surface area contributed by atoms with Gasteiger partial charge in [-0.1, -0.05) is 11.6 Å². The highest BCUT2D eigenvalue weighted by atomic mass is 35.5. The molecule has 10 heteroatoms. The number of aromatic nitrogens is 4. The molecule has 26 heavy (non-hydrogen) atoms. The Balaban J connectivity index is 2.01. The van der Waals surface area contributed by atoms with Gasteiger partial charge in [0, 0.05) is 18.5 Å². The summed E-state index contributed by atoms with van der Waals surface area (Å²) < 4.78 is 40.1. The molecule has 0 unspecified atom stereocenters. The number of carbonyl (C=O) groups excluding carboxylic acids is 1. The molecule has 134 valence electrons. The van der Waals surface area contributed by atoms with Gasteiger partial charge in [0.1, 0.15) is 11.5 Å². The first-order valence-corrected chi connectivity index (χ1v) is 7.64. The van der Waals surface area contributed by atoms with Gasteiger partial charge in [-0.15, -0.1) is 0 Å². The average molecular weight is 382 g/mol. The van der Waals surface area contributed by atoms with Crippen LogP contribution < -0.4 is 5.32 Å². The zero-order valence-corrected chi connectivity index (χ0v) is 14.0. The van der Waals surface area contributed by atoms with Gasteiger partial charge in [-0.3, -0.25) is 9.78 Å². The average Bonchev–Trinajstić information content (AvgIpc) is 2.95. The molecule has 0 atom stereocenters. The van der Waals surface area contributed by atoms with Crippen LogP contribution in [0.4, 0.5) is 19.0 Å². The maximum atomic E-state index is 13.0. The van der Waals surface area contributed by atoms with E-state index >= 15 is 0 Å². The van der Waals surface area contributed by atoms with Gasteiger partial charge in [0.15, 0.2) is 0 Å². The third kappa shape index (κ3) is 3.67. The van der Waals surface area contributed by atoms with Gasteiger partial charge >= 0.3 is 6.18 Å². The lowest BCUT2D eigenvalue weighted by Gasteiger charge is -2.13. The number of anilines is 1. The molecule has 0 radical (unpaired) electrons. The van der Waals surface area contributed by atoms with Crippen LogP contribution >= 0.6 is 11.6 Å². The van der Waals surface area contributed by atoms with E-state index in [-0.39, 0.29) is 22.2 Å². The lowest BCUT2D eigenvalue weighted by Crippen LogP contribution is -2.17. The molecule has 6 nitrogen and oxygen atoms in total. The van der Waals surface area contributed by atoms with E-state index in [2.05, 4.69) is 20.4 Å². The van der Waals surface area contributed by atoms with E-state index in [4.69, 9.17) is 11.6 Å². The second kappa shape index (κ2) is 6.75. The molecule has 2 aromatic heterocycles. The summed E-state index contributed by atoms with van der Waals surface area (Å²) in [6.07, 6.45) is -0.514. The third-order valence-electron chi connectivity index (χ3n) is 3.37. The summed E-state index contributed by atoms with van der Waals surface area (Å²) in [6, 6.07) is 4.38. The molecule has 0 aliphatic rings. The summed E-state index contributed by atoms with van der Waals surface area (Å²) in [7, 11) is 0. The summed E-state index contributed by atoms with van der Waals surface area (Å²) in [6.45, 7) is 1.63. The van der Waals surface area contributed by atoms with Crippen molar-refractivity contribution in [2.24, 2.45) is 0 Å². The Morgan fingerprint density at radius 3 is 2.65 bits per heavy atom. The van der Waals surface area contributed by atoms with Crippen LogP contribution in [0.5, 0.6) is 0 Å². The molecule has 0 bridgehead atoms. The van der Waals surface area contributed by atoms with Gasteiger partial charge in [-0.2, -0.15) is 18.3 Å². The number of nitrogens with one attached hydrogen (secondary N) is 1. The van der Waals surface area contributed by atoms with Crippen LogP contribution in [0, 0.1) is 6.92 Å². The molecule has 0 aliphatic carbocycles.